The first-order valence-electron chi connectivity index (χ1n) is 6.82. The summed E-state index contributed by atoms with van der Waals surface area (Å²) in [5, 5.41) is 6.11. The number of hydrogen-bond donors (Lipinski definition) is 3. The molecule has 0 aliphatic carbocycles. The van der Waals surface area contributed by atoms with Crippen LogP contribution in [0.5, 0.6) is 0 Å². The molecule has 6 nitrogen and oxygen atoms in total. The lowest BCUT2D eigenvalue weighted by Crippen LogP contribution is -2.15. The number of carbonyl (C=O) groups is 1. The van der Waals surface area contributed by atoms with Gasteiger partial charge in [0.05, 0.1) is 26.4 Å². The van der Waals surface area contributed by atoms with Gasteiger partial charge >= 0.3 is 0 Å². The van der Waals surface area contributed by atoms with Crippen LogP contribution in [0.2, 0.25) is 0 Å². The Morgan fingerprint density at radius 2 is 2.00 bits per heavy atom. The van der Waals surface area contributed by atoms with E-state index in [1.807, 2.05) is 18.2 Å². The number of nitrogens with two attached hydrogens (primary N) is 1. The van der Waals surface area contributed by atoms with Gasteiger partial charge in [-0.2, -0.15) is 0 Å². The van der Waals surface area contributed by atoms with E-state index >= 15 is 0 Å². The summed E-state index contributed by atoms with van der Waals surface area (Å²) >= 11 is 0. The maximum Gasteiger partial charge on any atom is 0.251 e. The number of nitrogens with one attached hydrogen (secondary N) is 2. The normalized spacial score (nSPS) is 13.2. The SMILES string of the molecule is NCCOCCOCCNc1cccc2c1CNC2=O. The topological polar surface area (TPSA) is 85.6 Å². The van der Waals surface area contributed by atoms with Gasteiger partial charge in [-0.25, -0.2) is 0 Å². The number of benzene rings is 1. The zero-order chi connectivity index (χ0) is 14.2. The molecule has 0 unspecified atom stereocenters. The Morgan fingerprint density at radius 3 is 2.80 bits per heavy atom. The minimum absolute atomic E-state index is 0.00282. The molecule has 1 amide bonds. The third kappa shape index (κ3) is 3.93. The van der Waals surface area contributed by atoms with Crippen molar-refractivity contribution in [2.45, 2.75) is 6.54 Å². The molecule has 0 saturated carbocycles. The highest BCUT2D eigenvalue weighted by Gasteiger charge is 2.20. The molecule has 1 aromatic rings. The van der Waals surface area contributed by atoms with E-state index < -0.39 is 0 Å². The van der Waals surface area contributed by atoms with E-state index in [0.717, 1.165) is 16.8 Å². The van der Waals surface area contributed by atoms with Gasteiger partial charge < -0.3 is 25.8 Å². The molecule has 1 aromatic carbocycles. The van der Waals surface area contributed by atoms with Crippen LogP contribution in [-0.4, -0.2) is 45.4 Å². The summed E-state index contributed by atoms with van der Waals surface area (Å²) in [5.41, 5.74) is 8.08. The van der Waals surface area contributed by atoms with Crippen molar-refractivity contribution >= 4 is 11.6 Å². The number of ether oxygens (including phenoxy) is 2. The van der Waals surface area contributed by atoms with Crippen LogP contribution in [0.3, 0.4) is 0 Å². The fourth-order valence-electron chi connectivity index (χ4n) is 2.08. The minimum atomic E-state index is -0.00282. The Balaban J connectivity index is 1.67. The van der Waals surface area contributed by atoms with Crippen LogP contribution in [0.25, 0.3) is 0 Å². The molecule has 4 N–H and O–H groups in total. The molecule has 1 heterocycles. The van der Waals surface area contributed by atoms with Gasteiger partial charge in [0.25, 0.3) is 5.91 Å². The van der Waals surface area contributed by atoms with E-state index in [2.05, 4.69) is 10.6 Å². The van der Waals surface area contributed by atoms with Crippen LogP contribution < -0.4 is 16.4 Å². The van der Waals surface area contributed by atoms with Gasteiger partial charge in [0.1, 0.15) is 0 Å². The molecule has 110 valence electrons. The minimum Gasteiger partial charge on any atom is -0.382 e. The van der Waals surface area contributed by atoms with Crippen molar-refractivity contribution in [1.29, 1.82) is 0 Å². The molecule has 0 saturated heterocycles. The van der Waals surface area contributed by atoms with Gasteiger partial charge in [0, 0.05) is 36.4 Å². The third-order valence-corrected chi connectivity index (χ3v) is 3.04. The second-order valence-electron chi connectivity index (χ2n) is 4.45. The highest BCUT2D eigenvalue weighted by atomic mass is 16.5. The monoisotopic (exact) mass is 279 g/mol. The fourth-order valence-corrected chi connectivity index (χ4v) is 2.08. The molecule has 0 bridgehead atoms. The zero-order valence-electron chi connectivity index (χ0n) is 11.5. The number of anilines is 1. The molecule has 0 atom stereocenters. The predicted octanol–water partition coefficient (Wildman–Crippen LogP) is 0.334. The highest BCUT2D eigenvalue weighted by Crippen LogP contribution is 2.23. The Hall–Kier alpha value is -1.63. The van der Waals surface area contributed by atoms with E-state index in [1.165, 1.54) is 0 Å². The Kier molecular flexibility index (Phi) is 5.79. The van der Waals surface area contributed by atoms with Crippen LogP contribution >= 0.6 is 0 Å². The average molecular weight is 279 g/mol. The smallest absolute Gasteiger partial charge is 0.251 e. The quantitative estimate of drug-likeness (QED) is 0.567. The molecule has 6 heteroatoms. The van der Waals surface area contributed by atoms with Crippen LogP contribution in [0.15, 0.2) is 18.2 Å². The molecule has 20 heavy (non-hydrogen) atoms. The molecule has 0 aromatic heterocycles. The van der Waals surface area contributed by atoms with E-state index in [1.54, 1.807) is 0 Å². The molecular formula is C14H21N3O3. The summed E-state index contributed by atoms with van der Waals surface area (Å²) in [5.74, 6) is -0.00282. The Labute approximate surface area is 118 Å². The summed E-state index contributed by atoms with van der Waals surface area (Å²) in [6.45, 7) is 4.11. The maximum atomic E-state index is 11.5. The van der Waals surface area contributed by atoms with Gasteiger partial charge in [-0.1, -0.05) is 6.07 Å². The summed E-state index contributed by atoms with van der Waals surface area (Å²) < 4.78 is 10.6. The van der Waals surface area contributed by atoms with Crippen molar-refractivity contribution in [3.8, 4) is 0 Å². The number of hydrogen-bond acceptors (Lipinski definition) is 5. The Morgan fingerprint density at radius 1 is 1.20 bits per heavy atom. The van der Waals surface area contributed by atoms with E-state index in [4.69, 9.17) is 15.2 Å². The van der Waals surface area contributed by atoms with Crippen molar-refractivity contribution in [3.05, 3.63) is 29.3 Å². The number of rotatable bonds is 9. The van der Waals surface area contributed by atoms with Crippen LogP contribution in [0.4, 0.5) is 5.69 Å². The maximum absolute atomic E-state index is 11.5. The van der Waals surface area contributed by atoms with Crippen molar-refractivity contribution in [2.75, 3.05) is 44.8 Å². The molecule has 2 rings (SSSR count). The second kappa shape index (κ2) is 7.84. The van der Waals surface area contributed by atoms with Crippen molar-refractivity contribution in [3.63, 3.8) is 0 Å². The average Bonchev–Trinajstić information content (AvgIpc) is 2.84. The highest BCUT2D eigenvalue weighted by molar-refractivity contribution is 5.99. The molecule has 0 fully saturated rings. The van der Waals surface area contributed by atoms with Crippen LogP contribution in [0.1, 0.15) is 15.9 Å². The fraction of sp³-hybridized carbons (Fsp3) is 0.500. The second-order valence-corrected chi connectivity index (χ2v) is 4.45. The van der Waals surface area contributed by atoms with Gasteiger partial charge in [-0.05, 0) is 12.1 Å². The zero-order valence-corrected chi connectivity index (χ0v) is 11.5. The lowest BCUT2D eigenvalue weighted by Gasteiger charge is -2.10. The first kappa shape index (κ1) is 14.8. The van der Waals surface area contributed by atoms with Crippen LogP contribution in [-0.2, 0) is 16.0 Å². The van der Waals surface area contributed by atoms with Gasteiger partial charge in [-0.15, -0.1) is 0 Å². The van der Waals surface area contributed by atoms with Gasteiger partial charge in [0.2, 0.25) is 0 Å². The number of carbonyl (C=O) groups excluding carboxylic acids is 1. The summed E-state index contributed by atoms with van der Waals surface area (Å²) in [4.78, 5) is 11.5. The number of fused-ring (bicyclic) bond motifs is 1. The number of amides is 1. The molecule has 1 aliphatic heterocycles. The predicted molar refractivity (Wildman–Crippen MR) is 76.8 cm³/mol. The third-order valence-electron chi connectivity index (χ3n) is 3.04. The van der Waals surface area contributed by atoms with Gasteiger partial charge in [0.15, 0.2) is 0 Å². The van der Waals surface area contributed by atoms with Crippen molar-refractivity contribution in [1.82, 2.24) is 5.32 Å². The van der Waals surface area contributed by atoms with Crippen LogP contribution in [0, 0.1) is 0 Å². The standard InChI is InChI=1S/C14H21N3O3/c15-4-6-19-8-9-20-7-5-16-13-3-1-2-11-12(13)10-17-14(11)18/h1-3,16H,4-10,15H2,(H,17,18). The van der Waals surface area contributed by atoms with E-state index in [9.17, 15) is 4.79 Å². The molecule has 0 radical (unpaired) electrons. The summed E-state index contributed by atoms with van der Waals surface area (Å²) in [6, 6.07) is 5.70. The summed E-state index contributed by atoms with van der Waals surface area (Å²) in [6.07, 6.45) is 0. The molecule has 0 spiro atoms. The van der Waals surface area contributed by atoms with E-state index in [0.29, 0.717) is 46.1 Å². The largest absolute Gasteiger partial charge is 0.382 e. The lowest BCUT2D eigenvalue weighted by molar-refractivity contribution is 0.0548. The van der Waals surface area contributed by atoms with Crippen molar-refractivity contribution < 1.29 is 14.3 Å². The van der Waals surface area contributed by atoms with Gasteiger partial charge in [-0.3, -0.25) is 4.79 Å². The van der Waals surface area contributed by atoms with Crippen molar-refractivity contribution in [2.24, 2.45) is 5.73 Å². The molecule has 1 aliphatic rings. The first-order valence-corrected chi connectivity index (χ1v) is 6.82. The Bertz CT molecular complexity index is 451. The lowest BCUT2D eigenvalue weighted by atomic mass is 10.1. The summed E-state index contributed by atoms with van der Waals surface area (Å²) in [7, 11) is 0. The molecular weight excluding hydrogens is 258 g/mol. The van der Waals surface area contributed by atoms with E-state index in [-0.39, 0.29) is 5.91 Å². The first-order chi connectivity index (χ1) is 9.83.